The van der Waals surface area contributed by atoms with E-state index >= 15 is 0 Å². The van der Waals surface area contributed by atoms with Gasteiger partial charge in [-0.2, -0.15) is 0 Å². The molecule has 0 radical (unpaired) electrons. The van der Waals surface area contributed by atoms with Gasteiger partial charge in [0.15, 0.2) is 10.8 Å². The van der Waals surface area contributed by atoms with Crippen molar-refractivity contribution >= 4 is 21.7 Å². The Morgan fingerprint density at radius 2 is 2.17 bits per heavy atom. The quantitative estimate of drug-likeness (QED) is 0.549. The molecule has 6 heavy (non-hydrogen) atoms. The maximum absolute atomic E-state index is 9.85. The topological polar surface area (TPSA) is 37.3 Å². The Bertz CT molecular complexity index is 59.8. The predicted octanol–water partition coefficient (Wildman–Crippen LogP) is 0.289. The van der Waals surface area contributed by atoms with Crippen LogP contribution in [-0.4, -0.2) is 15.9 Å². The first-order valence-electron chi connectivity index (χ1n) is 1.47. The molecule has 0 spiro atoms. The van der Waals surface area contributed by atoms with Crippen molar-refractivity contribution in [3.63, 3.8) is 0 Å². The van der Waals surface area contributed by atoms with E-state index in [0.717, 1.165) is 0 Å². The number of aliphatic hydroxyl groups is 1. The molecule has 2 nitrogen and oxygen atoms in total. The minimum absolute atomic E-state index is 0.269. The Morgan fingerprint density at radius 1 is 2.00 bits per heavy atom. The molecule has 0 aliphatic carbocycles. The van der Waals surface area contributed by atoms with E-state index < -0.39 is 5.01 Å². The molecule has 0 aliphatic rings. The van der Waals surface area contributed by atoms with Crippen molar-refractivity contribution < 1.29 is 9.90 Å². The van der Waals surface area contributed by atoms with Gasteiger partial charge in [0, 0.05) is 0 Å². The van der Waals surface area contributed by atoms with Gasteiger partial charge < -0.3 is 5.11 Å². The maximum Gasteiger partial charge on any atom is 0.169 e. The van der Waals surface area contributed by atoms with E-state index in [-0.39, 0.29) is 5.78 Å². The van der Waals surface area contributed by atoms with Crippen LogP contribution in [0.3, 0.4) is 0 Å². The number of halogens is 1. The van der Waals surface area contributed by atoms with Crippen LogP contribution in [0, 0.1) is 0 Å². The minimum atomic E-state index is -0.975. The molecule has 0 saturated carbocycles. The van der Waals surface area contributed by atoms with Crippen molar-refractivity contribution in [1.29, 1.82) is 0 Å². The number of carbonyl (C=O) groups excluding carboxylic acids is 1. The summed E-state index contributed by atoms with van der Waals surface area (Å²) in [5, 5.41) is 7.22. The Morgan fingerprint density at radius 3 is 2.17 bits per heavy atom. The van der Waals surface area contributed by atoms with Gasteiger partial charge in [0.1, 0.15) is 0 Å². The summed E-state index contributed by atoms with van der Waals surface area (Å²) in [5.74, 6) is -0.269. The molecule has 0 rings (SSSR count). The third-order valence-corrected chi connectivity index (χ3v) is 0.980. The highest BCUT2D eigenvalue weighted by Crippen LogP contribution is 1.91. The van der Waals surface area contributed by atoms with Gasteiger partial charge in [0.25, 0.3) is 0 Å². The fourth-order valence-electron chi connectivity index (χ4n) is 0. The van der Waals surface area contributed by atoms with Crippen LogP contribution in [0.25, 0.3) is 0 Å². The highest BCUT2D eigenvalue weighted by molar-refractivity contribution is 9.09. The predicted molar refractivity (Wildman–Crippen MR) is 25.6 cm³/mol. The number of hydrogen-bond donors (Lipinski definition) is 1. The lowest BCUT2D eigenvalue weighted by atomic mass is 10.5. The molecule has 0 amide bonds. The number of rotatable bonds is 1. The van der Waals surface area contributed by atoms with Crippen molar-refractivity contribution in [2.24, 2.45) is 0 Å². The van der Waals surface area contributed by atoms with E-state index in [4.69, 9.17) is 5.11 Å². The molecular formula is C3H5BrO2. The molecule has 0 saturated heterocycles. The number of ketones is 1. The SMILES string of the molecule is CC(=O)C(O)Br. The van der Waals surface area contributed by atoms with Crippen molar-refractivity contribution in [1.82, 2.24) is 0 Å². The van der Waals surface area contributed by atoms with E-state index in [1.54, 1.807) is 0 Å². The molecule has 3 heteroatoms. The monoisotopic (exact) mass is 152 g/mol. The average Bonchev–Trinajstić information content (AvgIpc) is 1.36. The highest BCUT2D eigenvalue weighted by Gasteiger charge is 1.99. The highest BCUT2D eigenvalue weighted by atomic mass is 79.9. The Kier molecular flexibility index (Phi) is 2.35. The Hall–Kier alpha value is 0.110. The molecule has 0 aromatic rings. The summed E-state index contributed by atoms with van der Waals surface area (Å²) in [6.07, 6.45) is 0. The van der Waals surface area contributed by atoms with Gasteiger partial charge in [0.05, 0.1) is 0 Å². The molecule has 0 aliphatic heterocycles. The largest absolute Gasteiger partial charge is 0.374 e. The van der Waals surface area contributed by atoms with Gasteiger partial charge in [-0.05, 0) is 22.9 Å². The average molecular weight is 153 g/mol. The summed E-state index contributed by atoms with van der Waals surface area (Å²) >= 11 is 2.64. The van der Waals surface area contributed by atoms with Gasteiger partial charge in [0.2, 0.25) is 0 Å². The summed E-state index contributed by atoms with van der Waals surface area (Å²) < 4.78 is 0. The van der Waals surface area contributed by atoms with Crippen LogP contribution in [0.15, 0.2) is 0 Å². The van der Waals surface area contributed by atoms with E-state index in [1.165, 1.54) is 6.92 Å². The van der Waals surface area contributed by atoms with Crippen molar-refractivity contribution in [2.75, 3.05) is 0 Å². The summed E-state index contributed by atoms with van der Waals surface area (Å²) in [6.45, 7) is 1.30. The fraction of sp³-hybridized carbons (Fsp3) is 0.667. The Balaban J connectivity index is 3.26. The zero-order valence-electron chi connectivity index (χ0n) is 3.31. The number of hydrogen-bond acceptors (Lipinski definition) is 2. The zero-order chi connectivity index (χ0) is 5.15. The molecular weight excluding hydrogens is 148 g/mol. The third kappa shape index (κ3) is 2.35. The van der Waals surface area contributed by atoms with Crippen LogP contribution >= 0.6 is 15.9 Å². The van der Waals surface area contributed by atoms with Crippen LogP contribution in [0.4, 0.5) is 0 Å². The fourth-order valence-corrected chi connectivity index (χ4v) is 0. The standard InChI is InChI=1S/C3H5BrO2/c1-2(5)3(4)6/h3,6H,1H3. The van der Waals surface area contributed by atoms with E-state index in [2.05, 4.69) is 15.9 Å². The van der Waals surface area contributed by atoms with E-state index in [0.29, 0.717) is 0 Å². The van der Waals surface area contributed by atoms with Crippen molar-refractivity contribution in [3.8, 4) is 0 Å². The van der Waals surface area contributed by atoms with Crippen LogP contribution in [-0.2, 0) is 4.79 Å². The smallest absolute Gasteiger partial charge is 0.169 e. The Labute approximate surface area is 44.3 Å². The second-order valence-electron chi connectivity index (χ2n) is 0.946. The summed E-state index contributed by atoms with van der Waals surface area (Å²) in [5.41, 5.74) is 0. The molecule has 1 atom stereocenters. The van der Waals surface area contributed by atoms with Gasteiger partial charge in [-0.3, -0.25) is 4.79 Å². The zero-order valence-corrected chi connectivity index (χ0v) is 4.90. The number of aliphatic hydroxyl groups excluding tert-OH is 1. The lowest BCUT2D eigenvalue weighted by molar-refractivity contribution is -0.120. The third-order valence-electron chi connectivity index (χ3n) is 0.335. The molecule has 0 fully saturated rings. The second kappa shape index (κ2) is 2.31. The van der Waals surface area contributed by atoms with Gasteiger partial charge in [-0.1, -0.05) is 0 Å². The van der Waals surface area contributed by atoms with Crippen LogP contribution in [0.1, 0.15) is 6.92 Å². The number of carbonyl (C=O) groups is 1. The van der Waals surface area contributed by atoms with Crippen LogP contribution in [0.2, 0.25) is 0 Å². The first-order chi connectivity index (χ1) is 2.64. The lowest BCUT2D eigenvalue weighted by Gasteiger charge is -1.88. The summed E-state index contributed by atoms with van der Waals surface area (Å²) in [6, 6.07) is 0. The van der Waals surface area contributed by atoms with E-state index in [9.17, 15) is 4.79 Å². The molecule has 1 unspecified atom stereocenters. The second-order valence-corrected chi connectivity index (χ2v) is 1.81. The van der Waals surface area contributed by atoms with Crippen molar-refractivity contribution in [2.45, 2.75) is 11.9 Å². The molecule has 1 N–H and O–H groups in total. The van der Waals surface area contributed by atoms with E-state index in [1.807, 2.05) is 0 Å². The van der Waals surface area contributed by atoms with Gasteiger partial charge >= 0.3 is 0 Å². The van der Waals surface area contributed by atoms with Gasteiger partial charge in [-0.25, -0.2) is 0 Å². The molecule has 0 aromatic carbocycles. The van der Waals surface area contributed by atoms with Crippen molar-refractivity contribution in [3.05, 3.63) is 0 Å². The minimum Gasteiger partial charge on any atom is -0.374 e. The van der Waals surface area contributed by atoms with Gasteiger partial charge in [-0.15, -0.1) is 0 Å². The molecule has 36 valence electrons. The van der Waals surface area contributed by atoms with Crippen LogP contribution < -0.4 is 0 Å². The maximum atomic E-state index is 9.85. The normalized spacial score (nSPS) is 13.8. The van der Waals surface area contributed by atoms with Crippen LogP contribution in [0.5, 0.6) is 0 Å². The number of Topliss-reactive ketones (excluding diaryl/α,β-unsaturated/α-hetero) is 1. The first kappa shape index (κ1) is 6.11. The molecule has 0 heterocycles. The first-order valence-corrected chi connectivity index (χ1v) is 2.38. The number of alkyl halides is 1. The molecule has 0 bridgehead atoms. The summed E-state index contributed by atoms with van der Waals surface area (Å²) in [4.78, 5) is 9.85. The summed E-state index contributed by atoms with van der Waals surface area (Å²) in [7, 11) is 0. The molecule has 0 aromatic heterocycles. The lowest BCUT2D eigenvalue weighted by Crippen LogP contribution is -2.06.